The number of rotatable bonds is 3. The molecule has 0 spiro atoms. The van der Waals surface area contributed by atoms with Crippen LogP contribution in [0.4, 0.5) is 4.39 Å². The van der Waals surface area contributed by atoms with Crippen molar-refractivity contribution in [1.29, 1.82) is 0 Å². The molecule has 168 valence electrons. The molecule has 1 N–H and O–H groups in total. The van der Waals surface area contributed by atoms with Crippen LogP contribution in [0.3, 0.4) is 0 Å². The maximum atomic E-state index is 14.0. The Morgan fingerprint density at radius 1 is 1.26 bits per heavy atom. The Labute approximate surface area is 185 Å². The summed E-state index contributed by atoms with van der Waals surface area (Å²) < 4.78 is 16.0. The number of halogens is 1. The van der Waals surface area contributed by atoms with Crippen molar-refractivity contribution in [2.24, 2.45) is 5.41 Å². The lowest BCUT2D eigenvalue weighted by Gasteiger charge is -2.39. The van der Waals surface area contributed by atoms with E-state index < -0.39 is 0 Å². The number of piperidine rings is 1. The van der Waals surface area contributed by atoms with Crippen molar-refractivity contribution >= 4 is 5.91 Å². The van der Waals surface area contributed by atoms with Crippen molar-refractivity contribution in [2.45, 2.75) is 77.4 Å². The van der Waals surface area contributed by atoms with E-state index in [1.165, 1.54) is 6.07 Å². The van der Waals surface area contributed by atoms with Crippen LogP contribution in [0.25, 0.3) is 0 Å². The number of hydrogen-bond donors (Lipinski definition) is 1. The van der Waals surface area contributed by atoms with E-state index in [4.69, 9.17) is 5.10 Å². The van der Waals surface area contributed by atoms with E-state index in [-0.39, 0.29) is 40.7 Å². The molecule has 31 heavy (non-hydrogen) atoms. The third-order valence-corrected chi connectivity index (χ3v) is 6.67. The molecule has 0 unspecified atom stereocenters. The second-order valence-electron chi connectivity index (χ2n) is 11.0. The molecule has 1 aromatic heterocycles. The van der Waals surface area contributed by atoms with Crippen molar-refractivity contribution < 1.29 is 9.18 Å². The highest BCUT2D eigenvalue weighted by molar-refractivity contribution is 5.82. The number of carbonyl (C=O) groups is 1. The number of amides is 1. The van der Waals surface area contributed by atoms with Gasteiger partial charge >= 0.3 is 0 Å². The Morgan fingerprint density at radius 3 is 2.68 bits per heavy atom. The maximum absolute atomic E-state index is 14.0. The lowest BCUT2D eigenvalue weighted by Crippen LogP contribution is -2.50. The molecule has 0 aliphatic carbocycles. The van der Waals surface area contributed by atoms with Gasteiger partial charge in [-0.1, -0.05) is 26.0 Å². The minimum atomic E-state index is -0.285. The SMILES string of the molecule is CC1(C)CCCN(C(=O)[C@@H]2C[C@H](c3ccn(C(C)(C)C)n3)[C@H](c3cccc(F)c3)N2)C1. The molecule has 2 aliphatic rings. The molecule has 1 aromatic carbocycles. The van der Waals surface area contributed by atoms with Gasteiger partial charge in [-0.15, -0.1) is 0 Å². The first-order chi connectivity index (χ1) is 14.5. The van der Waals surface area contributed by atoms with Crippen LogP contribution in [0.15, 0.2) is 36.5 Å². The predicted octanol–water partition coefficient (Wildman–Crippen LogP) is 4.61. The number of carbonyl (C=O) groups excluding carboxylic acids is 1. The third kappa shape index (κ3) is 4.69. The minimum absolute atomic E-state index is 0.0113. The summed E-state index contributed by atoms with van der Waals surface area (Å²) in [6, 6.07) is 8.31. The average molecular weight is 427 g/mol. The molecule has 0 radical (unpaired) electrons. The number of nitrogens with zero attached hydrogens (tertiary/aromatic N) is 3. The first-order valence-electron chi connectivity index (χ1n) is 11.4. The number of likely N-dealkylation sites (tertiary alicyclic amines) is 1. The first kappa shape index (κ1) is 22.0. The quantitative estimate of drug-likeness (QED) is 0.780. The largest absolute Gasteiger partial charge is 0.341 e. The van der Waals surface area contributed by atoms with Gasteiger partial charge in [0, 0.05) is 31.2 Å². The first-order valence-corrected chi connectivity index (χ1v) is 11.4. The summed E-state index contributed by atoms with van der Waals surface area (Å²) in [7, 11) is 0. The highest BCUT2D eigenvalue weighted by atomic mass is 19.1. The monoisotopic (exact) mass is 426 g/mol. The molecule has 2 fully saturated rings. The van der Waals surface area contributed by atoms with Crippen LogP contribution in [-0.4, -0.2) is 39.7 Å². The van der Waals surface area contributed by atoms with Crippen LogP contribution < -0.4 is 5.32 Å². The highest BCUT2D eigenvalue weighted by Crippen LogP contribution is 2.41. The van der Waals surface area contributed by atoms with Gasteiger partial charge in [0.1, 0.15) is 5.82 Å². The summed E-state index contributed by atoms with van der Waals surface area (Å²) in [5.74, 6) is -0.0880. The van der Waals surface area contributed by atoms with E-state index in [1.807, 2.05) is 27.9 Å². The van der Waals surface area contributed by atoms with Crippen LogP contribution >= 0.6 is 0 Å². The molecular weight excluding hydrogens is 391 g/mol. The molecule has 0 bridgehead atoms. The van der Waals surface area contributed by atoms with Gasteiger partial charge in [0.25, 0.3) is 0 Å². The van der Waals surface area contributed by atoms with E-state index >= 15 is 0 Å². The molecule has 2 saturated heterocycles. The van der Waals surface area contributed by atoms with Crippen molar-refractivity contribution in [3.8, 4) is 0 Å². The molecule has 2 aromatic rings. The Hall–Kier alpha value is -2.21. The molecule has 2 aliphatic heterocycles. The normalized spacial score (nSPS) is 26.3. The zero-order chi connectivity index (χ0) is 22.4. The van der Waals surface area contributed by atoms with Gasteiger partial charge in [0.2, 0.25) is 5.91 Å². The van der Waals surface area contributed by atoms with Crippen LogP contribution in [-0.2, 0) is 10.3 Å². The maximum Gasteiger partial charge on any atom is 0.239 e. The standard InChI is InChI=1S/C25H35FN4O/c1-24(2,3)30-13-10-20(28-30)19-15-21(23(31)29-12-7-11-25(4,5)16-29)27-22(19)17-8-6-9-18(26)14-17/h6,8-10,13-14,19,21-22,27H,7,11-12,15-16H2,1-5H3/t19-,21+,22+/m1/s1. The molecule has 5 nitrogen and oxygen atoms in total. The van der Waals surface area contributed by atoms with Gasteiger partial charge in [0.05, 0.1) is 17.3 Å². The molecule has 0 saturated carbocycles. The van der Waals surface area contributed by atoms with E-state index in [0.29, 0.717) is 6.42 Å². The Morgan fingerprint density at radius 2 is 2.03 bits per heavy atom. The summed E-state index contributed by atoms with van der Waals surface area (Å²) in [6.07, 6.45) is 4.85. The van der Waals surface area contributed by atoms with Gasteiger partial charge in [0.15, 0.2) is 0 Å². The van der Waals surface area contributed by atoms with Crippen LogP contribution in [0, 0.1) is 11.2 Å². The molecule has 4 rings (SSSR count). The van der Waals surface area contributed by atoms with Crippen LogP contribution in [0.5, 0.6) is 0 Å². The van der Waals surface area contributed by atoms with E-state index in [1.54, 1.807) is 12.1 Å². The Kier molecular flexibility index (Phi) is 5.71. The highest BCUT2D eigenvalue weighted by Gasteiger charge is 2.43. The van der Waals surface area contributed by atoms with Gasteiger partial charge in [-0.2, -0.15) is 5.10 Å². The second-order valence-corrected chi connectivity index (χ2v) is 11.0. The third-order valence-electron chi connectivity index (χ3n) is 6.67. The number of nitrogens with one attached hydrogen (secondary N) is 1. The fourth-order valence-corrected chi connectivity index (χ4v) is 5.02. The fourth-order valence-electron chi connectivity index (χ4n) is 5.02. The topological polar surface area (TPSA) is 50.2 Å². The van der Waals surface area contributed by atoms with Crippen molar-refractivity contribution in [1.82, 2.24) is 20.0 Å². The smallest absolute Gasteiger partial charge is 0.239 e. The summed E-state index contributed by atoms with van der Waals surface area (Å²) in [4.78, 5) is 15.5. The van der Waals surface area contributed by atoms with E-state index in [2.05, 4.69) is 39.9 Å². The van der Waals surface area contributed by atoms with Gasteiger partial charge in [-0.3, -0.25) is 14.8 Å². The Balaban J connectivity index is 1.62. The molecule has 3 heterocycles. The van der Waals surface area contributed by atoms with E-state index in [0.717, 1.165) is 37.2 Å². The molecule has 6 heteroatoms. The number of aromatic nitrogens is 2. The van der Waals surface area contributed by atoms with E-state index in [9.17, 15) is 9.18 Å². The van der Waals surface area contributed by atoms with Crippen LogP contribution in [0.2, 0.25) is 0 Å². The number of hydrogen-bond acceptors (Lipinski definition) is 3. The molecule has 1 amide bonds. The summed E-state index contributed by atoms with van der Waals surface area (Å²) in [5, 5.41) is 8.40. The van der Waals surface area contributed by atoms with Gasteiger partial charge in [-0.05, 0) is 69.2 Å². The molecule has 3 atom stereocenters. The average Bonchev–Trinajstić information content (AvgIpc) is 3.33. The van der Waals surface area contributed by atoms with Gasteiger partial charge < -0.3 is 4.90 Å². The fraction of sp³-hybridized carbons (Fsp3) is 0.600. The lowest BCUT2D eigenvalue weighted by atomic mass is 9.84. The summed E-state index contributed by atoms with van der Waals surface area (Å²) in [6.45, 7) is 12.4. The van der Waals surface area contributed by atoms with Crippen molar-refractivity contribution in [3.05, 3.63) is 53.6 Å². The molecular formula is C25H35FN4O. The van der Waals surface area contributed by atoms with Gasteiger partial charge in [-0.25, -0.2) is 4.39 Å². The van der Waals surface area contributed by atoms with Crippen molar-refractivity contribution in [2.75, 3.05) is 13.1 Å². The lowest BCUT2D eigenvalue weighted by molar-refractivity contribution is -0.136. The zero-order valence-electron chi connectivity index (χ0n) is 19.4. The predicted molar refractivity (Wildman–Crippen MR) is 120 cm³/mol. The summed E-state index contributed by atoms with van der Waals surface area (Å²) in [5.41, 5.74) is 1.85. The minimum Gasteiger partial charge on any atom is -0.341 e. The Bertz CT molecular complexity index is 945. The van der Waals surface area contributed by atoms with Crippen LogP contribution in [0.1, 0.15) is 77.1 Å². The zero-order valence-corrected chi connectivity index (χ0v) is 19.4. The second kappa shape index (κ2) is 8.05. The number of benzene rings is 1. The van der Waals surface area contributed by atoms with Crippen molar-refractivity contribution in [3.63, 3.8) is 0 Å². The summed E-state index contributed by atoms with van der Waals surface area (Å²) >= 11 is 0.